The predicted molar refractivity (Wildman–Crippen MR) is 89.8 cm³/mol. The van der Waals surface area contributed by atoms with Crippen molar-refractivity contribution in [2.75, 3.05) is 25.6 Å². The minimum atomic E-state index is -0.819. The van der Waals surface area contributed by atoms with Crippen molar-refractivity contribution >= 4 is 41.5 Å². The molecule has 22 heavy (non-hydrogen) atoms. The number of anilines is 1. The molecule has 1 unspecified atom stereocenters. The second-order valence-corrected chi connectivity index (χ2v) is 4.93. The van der Waals surface area contributed by atoms with Crippen molar-refractivity contribution < 1.29 is 14.3 Å². The first-order valence-corrected chi connectivity index (χ1v) is 7.00. The molecule has 0 fully saturated rings. The molecule has 0 bridgehead atoms. The number of carbonyl (C=O) groups excluding carboxylic acids is 2. The number of hydrogen-bond donors (Lipinski definition) is 3. The summed E-state index contributed by atoms with van der Waals surface area (Å²) in [6.07, 6.45) is 0.819. The molecule has 0 aliphatic rings. The second-order valence-electron chi connectivity index (χ2n) is 4.50. The number of nitrogens with two attached hydrogens (primary N) is 1. The molecule has 4 N–H and O–H groups in total. The van der Waals surface area contributed by atoms with E-state index in [9.17, 15) is 9.59 Å². The number of halogens is 2. The maximum atomic E-state index is 12.1. The summed E-state index contributed by atoms with van der Waals surface area (Å²) in [5.74, 6) is -0.715. The number of hydrogen-bond acceptors (Lipinski definition) is 4. The topological polar surface area (TPSA) is 93.5 Å². The average Bonchev–Trinajstić information content (AvgIpc) is 2.45. The summed E-state index contributed by atoms with van der Waals surface area (Å²) in [6, 6.07) is 3.85. The molecule has 0 aromatic heterocycles. The van der Waals surface area contributed by atoms with E-state index in [0.29, 0.717) is 22.8 Å². The molecule has 0 heterocycles. The SMILES string of the molecule is CCCNC(=O)c1ccc(Cl)cc1NC(=O)C(N)COC.Cl. The van der Waals surface area contributed by atoms with E-state index in [-0.39, 0.29) is 24.9 Å². The van der Waals surface area contributed by atoms with E-state index in [1.807, 2.05) is 6.92 Å². The summed E-state index contributed by atoms with van der Waals surface area (Å²) < 4.78 is 4.83. The Morgan fingerprint density at radius 2 is 2.09 bits per heavy atom. The minimum absolute atomic E-state index is 0. The van der Waals surface area contributed by atoms with Gasteiger partial charge in [-0.25, -0.2) is 0 Å². The van der Waals surface area contributed by atoms with Gasteiger partial charge in [0.2, 0.25) is 5.91 Å². The van der Waals surface area contributed by atoms with Crippen LogP contribution in [0.1, 0.15) is 23.7 Å². The van der Waals surface area contributed by atoms with Crippen molar-refractivity contribution in [3.05, 3.63) is 28.8 Å². The smallest absolute Gasteiger partial charge is 0.253 e. The van der Waals surface area contributed by atoms with Crippen LogP contribution in [0.3, 0.4) is 0 Å². The third-order valence-electron chi connectivity index (χ3n) is 2.70. The largest absolute Gasteiger partial charge is 0.383 e. The molecule has 0 saturated heterocycles. The minimum Gasteiger partial charge on any atom is -0.383 e. The number of amides is 2. The maximum Gasteiger partial charge on any atom is 0.253 e. The van der Waals surface area contributed by atoms with E-state index in [0.717, 1.165) is 6.42 Å². The molecule has 0 saturated carbocycles. The third kappa shape index (κ3) is 6.19. The van der Waals surface area contributed by atoms with E-state index in [2.05, 4.69) is 10.6 Å². The van der Waals surface area contributed by atoms with E-state index in [1.54, 1.807) is 12.1 Å². The predicted octanol–water partition coefficient (Wildman–Crippen LogP) is 1.81. The molecule has 1 aromatic carbocycles. The molecule has 1 atom stereocenters. The van der Waals surface area contributed by atoms with Crippen LogP contribution in [0.2, 0.25) is 5.02 Å². The average molecular weight is 350 g/mol. The summed E-state index contributed by atoms with van der Waals surface area (Å²) in [6.45, 7) is 2.59. The van der Waals surface area contributed by atoms with Gasteiger partial charge in [0.15, 0.2) is 0 Å². The van der Waals surface area contributed by atoms with Crippen LogP contribution in [0.5, 0.6) is 0 Å². The summed E-state index contributed by atoms with van der Waals surface area (Å²) in [5.41, 5.74) is 6.31. The molecule has 6 nitrogen and oxygen atoms in total. The van der Waals surface area contributed by atoms with Crippen molar-refractivity contribution in [3.8, 4) is 0 Å². The van der Waals surface area contributed by atoms with Gasteiger partial charge in [0, 0.05) is 18.7 Å². The zero-order valence-corrected chi connectivity index (χ0v) is 14.1. The van der Waals surface area contributed by atoms with Gasteiger partial charge < -0.3 is 21.1 Å². The summed E-state index contributed by atoms with van der Waals surface area (Å²) in [5, 5.41) is 5.77. The van der Waals surface area contributed by atoms with Crippen LogP contribution < -0.4 is 16.4 Å². The van der Waals surface area contributed by atoms with Crippen LogP contribution in [0.15, 0.2) is 18.2 Å². The van der Waals surface area contributed by atoms with Crippen LogP contribution in [-0.2, 0) is 9.53 Å². The van der Waals surface area contributed by atoms with Crippen molar-refractivity contribution in [3.63, 3.8) is 0 Å². The first-order chi connectivity index (χ1) is 9.99. The molecule has 2 amide bonds. The molecule has 0 radical (unpaired) electrons. The standard InChI is InChI=1S/C14H20ClN3O3.ClH/c1-3-6-17-13(19)10-5-4-9(15)7-12(10)18-14(20)11(16)8-21-2;/h4-5,7,11H,3,6,8,16H2,1-2H3,(H,17,19)(H,18,20);1H. The molecule has 0 spiro atoms. The van der Waals surface area contributed by atoms with Crippen LogP contribution in [0.4, 0.5) is 5.69 Å². The number of carbonyl (C=O) groups is 2. The number of rotatable bonds is 7. The van der Waals surface area contributed by atoms with Crippen LogP contribution in [-0.4, -0.2) is 38.1 Å². The molecule has 124 valence electrons. The van der Waals surface area contributed by atoms with Crippen LogP contribution in [0, 0.1) is 0 Å². The molecule has 1 rings (SSSR count). The quantitative estimate of drug-likeness (QED) is 0.699. The van der Waals surface area contributed by atoms with E-state index < -0.39 is 11.9 Å². The van der Waals surface area contributed by atoms with Crippen LogP contribution >= 0.6 is 24.0 Å². The zero-order valence-electron chi connectivity index (χ0n) is 12.5. The molecule has 0 aliphatic carbocycles. The summed E-state index contributed by atoms with van der Waals surface area (Å²) >= 11 is 5.91. The van der Waals surface area contributed by atoms with E-state index in [4.69, 9.17) is 22.1 Å². The lowest BCUT2D eigenvalue weighted by Gasteiger charge is -2.14. The molecule has 1 aromatic rings. The zero-order chi connectivity index (χ0) is 15.8. The fourth-order valence-corrected chi connectivity index (χ4v) is 1.80. The first kappa shape index (κ1) is 20.7. The number of benzene rings is 1. The Morgan fingerprint density at radius 3 is 2.68 bits per heavy atom. The second kappa shape index (κ2) is 10.4. The van der Waals surface area contributed by atoms with Gasteiger partial charge in [-0.2, -0.15) is 0 Å². The maximum absolute atomic E-state index is 12.1. The number of methoxy groups -OCH3 is 1. The lowest BCUT2D eigenvalue weighted by atomic mass is 10.1. The van der Waals surface area contributed by atoms with Gasteiger partial charge in [0.25, 0.3) is 5.91 Å². The van der Waals surface area contributed by atoms with Crippen LogP contribution in [0.25, 0.3) is 0 Å². The van der Waals surface area contributed by atoms with Gasteiger partial charge in [-0.3, -0.25) is 9.59 Å². The van der Waals surface area contributed by atoms with Gasteiger partial charge in [0.1, 0.15) is 6.04 Å². The van der Waals surface area contributed by atoms with Crippen molar-refractivity contribution in [1.82, 2.24) is 5.32 Å². The number of ether oxygens (including phenoxy) is 1. The van der Waals surface area contributed by atoms with Gasteiger partial charge in [-0.15, -0.1) is 12.4 Å². The van der Waals surface area contributed by atoms with Gasteiger partial charge in [0.05, 0.1) is 17.9 Å². The van der Waals surface area contributed by atoms with E-state index in [1.165, 1.54) is 13.2 Å². The van der Waals surface area contributed by atoms with Gasteiger partial charge >= 0.3 is 0 Å². The summed E-state index contributed by atoms with van der Waals surface area (Å²) in [4.78, 5) is 24.0. The monoisotopic (exact) mass is 349 g/mol. The highest BCUT2D eigenvalue weighted by molar-refractivity contribution is 6.31. The Bertz CT molecular complexity index is 512. The molecule has 0 aliphatic heterocycles. The Hall–Kier alpha value is -1.34. The fourth-order valence-electron chi connectivity index (χ4n) is 1.63. The van der Waals surface area contributed by atoms with Gasteiger partial charge in [-0.05, 0) is 24.6 Å². The lowest BCUT2D eigenvalue weighted by Crippen LogP contribution is -2.39. The van der Waals surface area contributed by atoms with Gasteiger partial charge in [-0.1, -0.05) is 18.5 Å². The van der Waals surface area contributed by atoms with Crippen molar-refractivity contribution in [2.24, 2.45) is 5.73 Å². The highest BCUT2D eigenvalue weighted by atomic mass is 35.5. The normalized spacial score (nSPS) is 11.3. The molecular weight excluding hydrogens is 329 g/mol. The fraction of sp³-hybridized carbons (Fsp3) is 0.429. The number of nitrogens with one attached hydrogen (secondary N) is 2. The third-order valence-corrected chi connectivity index (χ3v) is 2.94. The van der Waals surface area contributed by atoms with Crippen molar-refractivity contribution in [2.45, 2.75) is 19.4 Å². The van der Waals surface area contributed by atoms with Crippen molar-refractivity contribution in [1.29, 1.82) is 0 Å². The highest BCUT2D eigenvalue weighted by Crippen LogP contribution is 2.21. The summed E-state index contributed by atoms with van der Waals surface area (Å²) in [7, 11) is 1.45. The Morgan fingerprint density at radius 1 is 1.41 bits per heavy atom. The Labute approximate surface area is 141 Å². The lowest BCUT2D eigenvalue weighted by molar-refractivity contribution is -0.118. The Kier molecular flexibility index (Phi) is 9.76. The van der Waals surface area contributed by atoms with E-state index >= 15 is 0 Å². The Balaban J connectivity index is 0.00000441. The highest BCUT2D eigenvalue weighted by Gasteiger charge is 2.17. The molecule has 8 heteroatoms. The first-order valence-electron chi connectivity index (χ1n) is 6.62. The molecular formula is C14H21Cl2N3O3.